The van der Waals surface area contributed by atoms with Gasteiger partial charge in [0.25, 0.3) is 0 Å². The van der Waals surface area contributed by atoms with Crippen molar-refractivity contribution in [3.8, 4) is 0 Å². The van der Waals surface area contributed by atoms with Crippen molar-refractivity contribution in [2.75, 3.05) is 26.7 Å². The number of halogens is 2. The highest BCUT2D eigenvalue weighted by Crippen LogP contribution is 2.36. The lowest BCUT2D eigenvalue weighted by Gasteiger charge is -2.28. The summed E-state index contributed by atoms with van der Waals surface area (Å²) in [7, 11) is -2.18. The Balaban J connectivity index is 1.64. The summed E-state index contributed by atoms with van der Waals surface area (Å²) in [6.45, 7) is 7.73. The number of thiophene rings is 1. The van der Waals surface area contributed by atoms with Gasteiger partial charge in [-0.2, -0.15) is 0 Å². The summed E-state index contributed by atoms with van der Waals surface area (Å²) in [6.07, 6.45) is 4.45. The van der Waals surface area contributed by atoms with E-state index in [9.17, 15) is 22.8 Å². The second-order valence-corrected chi connectivity index (χ2v) is 14.4. The van der Waals surface area contributed by atoms with Gasteiger partial charge in [-0.25, -0.2) is 17.9 Å². The summed E-state index contributed by atoms with van der Waals surface area (Å²) < 4.78 is 33.9. The Morgan fingerprint density at radius 1 is 1.35 bits per heavy atom. The van der Waals surface area contributed by atoms with Gasteiger partial charge in [-0.1, -0.05) is 55.8 Å². The molecule has 2 N–H and O–H groups in total. The predicted molar refractivity (Wildman–Crippen MR) is 156 cm³/mol. The predicted octanol–water partition coefficient (Wildman–Crippen LogP) is 4.11. The van der Waals surface area contributed by atoms with Gasteiger partial charge in [0.05, 0.1) is 16.4 Å². The monoisotopic (exact) mass is 634 g/mol. The first kappa shape index (κ1) is 32.4. The molecule has 0 radical (unpaired) electrons. The van der Waals surface area contributed by atoms with Gasteiger partial charge in [0, 0.05) is 37.5 Å². The summed E-state index contributed by atoms with van der Waals surface area (Å²) in [4.78, 5) is 42.2. The molecule has 10 nitrogen and oxygen atoms in total. The number of likely N-dealkylation sites (tertiary alicyclic amines) is 1. The maximum absolute atomic E-state index is 13.4. The number of hydrogen-bond donors (Lipinski definition) is 2. The second-order valence-electron chi connectivity index (χ2n) is 10.2. The molecule has 222 valence electrons. The first-order chi connectivity index (χ1) is 18.8. The van der Waals surface area contributed by atoms with Crippen molar-refractivity contribution >= 4 is 62.5 Å². The molecule has 1 aromatic rings. The molecule has 1 saturated heterocycles. The van der Waals surface area contributed by atoms with E-state index in [2.05, 4.69) is 16.6 Å². The van der Waals surface area contributed by atoms with Crippen molar-refractivity contribution in [1.82, 2.24) is 19.8 Å². The van der Waals surface area contributed by atoms with Crippen molar-refractivity contribution in [2.45, 2.75) is 67.8 Å². The van der Waals surface area contributed by atoms with Crippen LogP contribution in [0.3, 0.4) is 0 Å². The molecule has 0 spiro atoms. The Labute approximate surface area is 249 Å². The molecule has 14 heteroatoms. The molecular formula is C26H36Cl2N4O6S2. The number of ether oxygens (including phenoxy) is 1. The van der Waals surface area contributed by atoms with Crippen LogP contribution < -0.4 is 10.0 Å². The van der Waals surface area contributed by atoms with Gasteiger partial charge in [-0.15, -0.1) is 11.3 Å². The van der Waals surface area contributed by atoms with Gasteiger partial charge in [0.2, 0.25) is 21.8 Å². The van der Waals surface area contributed by atoms with Crippen LogP contribution in [0.5, 0.6) is 0 Å². The third-order valence-corrected chi connectivity index (χ3v) is 10.5. The maximum atomic E-state index is 13.4. The number of rotatable bonds is 13. The van der Waals surface area contributed by atoms with E-state index in [1.54, 1.807) is 20.0 Å². The SMILES string of the molecule is C=C/C(Cl)=C\CCN(C)C(=O)OC1CC(C(=O)NC2(CNS(=O)(=O)c3ccc(Cl)s3)CC2)N(C(=O)C(C)CC)C1. The number of carbonyl (C=O) groups excluding carboxylic acids is 3. The van der Waals surface area contributed by atoms with Crippen LogP contribution in [0.1, 0.15) is 46.0 Å². The van der Waals surface area contributed by atoms with Crippen LogP contribution in [0.25, 0.3) is 0 Å². The fraction of sp³-hybridized carbons (Fsp3) is 0.577. The molecule has 1 saturated carbocycles. The highest BCUT2D eigenvalue weighted by atomic mass is 35.5. The lowest BCUT2D eigenvalue weighted by atomic mass is 10.1. The van der Waals surface area contributed by atoms with Gasteiger partial charge >= 0.3 is 6.09 Å². The smallest absolute Gasteiger partial charge is 0.409 e. The summed E-state index contributed by atoms with van der Waals surface area (Å²) >= 11 is 12.7. The van der Waals surface area contributed by atoms with Crippen LogP contribution in [0, 0.1) is 5.92 Å². The number of sulfonamides is 1. The summed E-state index contributed by atoms with van der Waals surface area (Å²) in [6, 6.07) is 2.09. The van der Waals surface area contributed by atoms with E-state index in [0.29, 0.717) is 41.6 Å². The van der Waals surface area contributed by atoms with Gasteiger partial charge in [-0.3, -0.25) is 9.59 Å². The van der Waals surface area contributed by atoms with Crippen LogP contribution in [0.4, 0.5) is 4.79 Å². The molecule has 40 heavy (non-hydrogen) atoms. The Morgan fingerprint density at radius 3 is 2.62 bits per heavy atom. The fourth-order valence-corrected chi connectivity index (χ4v) is 6.99. The van der Waals surface area contributed by atoms with Gasteiger partial charge in [0.1, 0.15) is 16.4 Å². The summed E-state index contributed by atoms with van der Waals surface area (Å²) in [5.74, 6) is -0.907. The van der Waals surface area contributed by atoms with E-state index >= 15 is 0 Å². The molecule has 2 heterocycles. The topological polar surface area (TPSA) is 125 Å². The Hall–Kier alpha value is -2.12. The highest BCUT2D eigenvalue weighted by Gasteiger charge is 2.49. The zero-order chi connectivity index (χ0) is 29.7. The zero-order valence-electron chi connectivity index (χ0n) is 22.8. The number of nitrogens with zero attached hydrogens (tertiary/aromatic N) is 2. The molecule has 1 aliphatic carbocycles. The first-order valence-electron chi connectivity index (χ1n) is 13.1. The molecule has 1 aromatic heterocycles. The molecule has 0 bridgehead atoms. The molecule has 3 rings (SSSR count). The Kier molecular flexibility index (Phi) is 11.1. The third kappa shape index (κ3) is 8.45. The van der Waals surface area contributed by atoms with Gasteiger partial charge in [-0.05, 0) is 37.8 Å². The van der Waals surface area contributed by atoms with Crippen LogP contribution in [-0.2, 0) is 24.3 Å². The highest BCUT2D eigenvalue weighted by molar-refractivity contribution is 7.91. The fourth-order valence-electron chi connectivity index (χ4n) is 4.22. The van der Waals surface area contributed by atoms with Crippen molar-refractivity contribution in [3.63, 3.8) is 0 Å². The standard InChI is InChI=1S/C26H36Cl2N4O6S2/c1-5-17(3)24(34)32-15-19(38-25(35)31(4)13-7-8-18(27)6-2)14-20(32)23(33)30-26(11-12-26)16-29-40(36,37)22-10-9-21(28)39-22/h6,8-10,17,19-20,29H,2,5,7,11-16H2,1,3-4H3,(H,30,33)/b18-8+. The maximum Gasteiger partial charge on any atom is 0.409 e. The average molecular weight is 636 g/mol. The minimum Gasteiger partial charge on any atom is -0.444 e. The Morgan fingerprint density at radius 2 is 2.05 bits per heavy atom. The summed E-state index contributed by atoms with van der Waals surface area (Å²) in [5, 5.41) is 3.45. The second kappa shape index (κ2) is 13.7. The molecule has 2 fully saturated rings. The van der Waals surface area contributed by atoms with Crippen LogP contribution in [0.2, 0.25) is 4.34 Å². The molecule has 2 aliphatic rings. The van der Waals surface area contributed by atoms with Crippen molar-refractivity contribution in [2.24, 2.45) is 5.92 Å². The Bertz CT molecular complexity index is 1250. The van der Waals surface area contributed by atoms with E-state index in [0.717, 1.165) is 11.3 Å². The minimum absolute atomic E-state index is 0.0101. The van der Waals surface area contributed by atoms with Crippen LogP contribution >= 0.6 is 34.5 Å². The van der Waals surface area contributed by atoms with E-state index in [1.807, 2.05) is 6.92 Å². The number of allylic oxidation sites excluding steroid dienone is 2. The first-order valence-corrected chi connectivity index (χ1v) is 16.1. The number of hydrogen-bond acceptors (Lipinski definition) is 7. The van der Waals surface area contributed by atoms with E-state index in [-0.39, 0.29) is 35.5 Å². The molecule has 3 amide bonds. The third-order valence-electron chi connectivity index (χ3n) is 7.12. The molecule has 1 aliphatic heterocycles. The quantitative estimate of drug-likeness (QED) is 0.315. The van der Waals surface area contributed by atoms with E-state index in [4.69, 9.17) is 27.9 Å². The lowest BCUT2D eigenvalue weighted by molar-refractivity contribution is -0.141. The van der Waals surface area contributed by atoms with Crippen LogP contribution in [0.15, 0.2) is 40.1 Å². The van der Waals surface area contributed by atoms with Gasteiger partial charge < -0.3 is 19.9 Å². The van der Waals surface area contributed by atoms with Crippen molar-refractivity contribution in [3.05, 3.63) is 40.2 Å². The molecule has 3 atom stereocenters. The van der Waals surface area contributed by atoms with Crippen molar-refractivity contribution < 1.29 is 27.5 Å². The van der Waals surface area contributed by atoms with Gasteiger partial charge in [0.15, 0.2) is 0 Å². The average Bonchev–Trinajstić information content (AvgIpc) is 3.31. The summed E-state index contributed by atoms with van der Waals surface area (Å²) in [5.41, 5.74) is -0.745. The largest absolute Gasteiger partial charge is 0.444 e. The number of amides is 3. The van der Waals surface area contributed by atoms with E-state index in [1.165, 1.54) is 28.0 Å². The van der Waals surface area contributed by atoms with Crippen LogP contribution in [-0.4, -0.2) is 80.5 Å². The normalized spacial score (nSPS) is 21.0. The van der Waals surface area contributed by atoms with Crippen molar-refractivity contribution in [1.29, 1.82) is 0 Å². The molecular weight excluding hydrogens is 599 g/mol. The molecule has 3 unspecified atom stereocenters. The zero-order valence-corrected chi connectivity index (χ0v) is 26.0. The molecule has 0 aromatic carbocycles. The number of nitrogens with one attached hydrogen (secondary N) is 2. The minimum atomic E-state index is -3.78. The number of carbonyl (C=O) groups is 3. The lowest BCUT2D eigenvalue weighted by Crippen LogP contribution is -2.53. The van der Waals surface area contributed by atoms with E-state index < -0.39 is 39.7 Å².